The highest BCUT2D eigenvalue weighted by Crippen LogP contribution is 2.29. The van der Waals surface area contributed by atoms with E-state index in [1.165, 1.54) is 0 Å². The van der Waals surface area contributed by atoms with Crippen LogP contribution in [0.3, 0.4) is 0 Å². The summed E-state index contributed by atoms with van der Waals surface area (Å²) in [5, 5.41) is 9.08. The summed E-state index contributed by atoms with van der Waals surface area (Å²) in [6, 6.07) is 4.44. The van der Waals surface area contributed by atoms with Crippen molar-refractivity contribution in [3.63, 3.8) is 0 Å². The maximum Gasteiger partial charge on any atom is 0.410 e. The fourth-order valence-corrected chi connectivity index (χ4v) is 3.62. The number of carbonyl (C=O) groups is 1. The van der Waals surface area contributed by atoms with Gasteiger partial charge in [0.05, 0.1) is 23.1 Å². The number of hydrogen-bond acceptors (Lipinski definition) is 5. The molecule has 0 bridgehead atoms. The van der Waals surface area contributed by atoms with E-state index in [0.29, 0.717) is 12.2 Å². The topological polar surface area (TPSA) is 85.4 Å². The number of fused-ring (bicyclic) bond motifs is 1. The molecule has 1 aliphatic rings. The van der Waals surface area contributed by atoms with Gasteiger partial charge in [-0.25, -0.2) is 4.79 Å². The highest BCUT2D eigenvalue weighted by molar-refractivity contribution is 5.89. The van der Waals surface area contributed by atoms with Crippen molar-refractivity contribution < 1.29 is 9.53 Å². The summed E-state index contributed by atoms with van der Waals surface area (Å²) >= 11 is 0. The lowest BCUT2D eigenvalue weighted by Crippen LogP contribution is -2.42. The van der Waals surface area contributed by atoms with Gasteiger partial charge in [-0.15, -0.1) is 0 Å². The fraction of sp³-hybridized carbons (Fsp3) is 0.619. The second-order valence-electron chi connectivity index (χ2n) is 8.94. The van der Waals surface area contributed by atoms with Gasteiger partial charge in [-0.1, -0.05) is 0 Å². The van der Waals surface area contributed by atoms with Crippen LogP contribution in [0.4, 0.5) is 16.2 Å². The van der Waals surface area contributed by atoms with Gasteiger partial charge >= 0.3 is 6.09 Å². The zero-order chi connectivity index (χ0) is 20.5. The van der Waals surface area contributed by atoms with E-state index in [4.69, 9.17) is 10.5 Å². The number of nitrogens with zero attached hydrogens (tertiary/aromatic N) is 3. The second kappa shape index (κ2) is 7.89. The molecule has 1 aromatic heterocycles. The molecule has 1 aliphatic heterocycles. The molecule has 0 saturated carbocycles. The first-order chi connectivity index (χ1) is 13.1. The van der Waals surface area contributed by atoms with Crippen LogP contribution in [0.1, 0.15) is 59.9 Å². The van der Waals surface area contributed by atoms with Crippen LogP contribution in [-0.4, -0.2) is 45.5 Å². The van der Waals surface area contributed by atoms with Gasteiger partial charge in [-0.3, -0.25) is 4.68 Å². The number of hydrogen-bond donors (Lipinski definition) is 2. The van der Waals surface area contributed by atoms with Crippen LogP contribution in [0.5, 0.6) is 0 Å². The van der Waals surface area contributed by atoms with Crippen molar-refractivity contribution in [2.75, 3.05) is 24.1 Å². The lowest BCUT2D eigenvalue weighted by molar-refractivity contribution is 0.0252. The van der Waals surface area contributed by atoms with Crippen molar-refractivity contribution in [3.8, 4) is 0 Å². The van der Waals surface area contributed by atoms with Crippen LogP contribution in [0.2, 0.25) is 0 Å². The second-order valence-corrected chi connectivity index (χ2v) is 8.94. The molecule has 0 aliphatic carbocycles. The first kappa shape index (κ1) is 20.3. The number of ether oxygens (including phenoxy) is 1. The van der Waals surface area contributed by atoms with Gasteiger partial charge in [-0.05, 0) is 66.0 Å². The minimum Gasteiger partial charge on any atom is -0.444 e. The van der Waals surface area contributed by atoms with E-state index in [1.807, 2.05) is 42.6 Å². The number of aromatic nitrogens is 2. The fourth-order valence-electron chi connectivity index (χ4n) is 3.62. The summed E-state index contributed by atoms with van der Waals surface area (Å²) in [5.41, 5.74) is 8.46. The molecule has 7 nitrogen and oxygen atoms in total. The number of rotatable bonds is 3. The summed E-state index contributed by atoms with van der Waals surface area (Å²) in [5.74, 6) is 0. The number of amides is 1. The van der Waals surface area contributed by atoms with Crippen molar-refractivity contribution in [1.82, 2.24) is 14.7 Å². The van der Waals surface area contributed by atoms with E-state index in [0.717, 1.165) is 42.4 Å². The number of anilines is 2. The first-order valence-electron chi connectivity index (χ1n) is 10.2. The minimum atomic E-state index is -0.489. The summed E-state index contributed by atoms with van der Waals surface area (Å²) < 4.78 is 7.57. The molecule has 1 fully saturated rings. The lowest BCUT2D eigenvalue weighted by Gasteiger charge is -2.29. The summed E-state index contributed by atoms with van der Waals surface area (Å²) in [7, 11) is 0. The van der Waals surface area contributed by atoms with E-state index in [9.17, 15) is 4.79 Å². The van der Waals surface area contributed by atoms with Crippen LogP contribution in [0, 0.1) is 0 Å². The molecule has 0 unspecified atom stereocenters. The average molecular weight is 388 g/mol. The molecule has 0 radical (unpaired) electrons. The lowest BCUT2D eigenvalue weighted by atomic mass is 10.1. The number of nitrogen functional groups attached to an aromatic ring is 1. The van der Waals surface area contributed by atoms with Crippen molar-refractivity contribution in [2.45, 2.75) is 71.6 Å². The Bertz CT molecular complexity index is 837. The standard InChI is InChI=1S/C21H33N5O2/c1-14(2)26-19-11-18(17(22)10-15(19)12-23-26)24-16-8-6-7-9-25(13-16)20(27)28-21(3,4)5/h10-12,14,16,24H,6-9,13,22H2,1-5H3/t16-/m1/s1. The Labute approximate surface area is 167 Å². The first-order valence-corrected chi connectivity index (χ1v) is 10.2. The van der Waals surface area contributed by atoms with E-state index >= 15 is 0 Å². The Hall–Kier alpha value is -2.44. The molecule has 3 N–H and O–H groups in total. The van der Waals surface area contributed by atoms with Crippen molar-refractivity contribution in [1.29, 1.82) is 0 Å². The SMILES string of the molecule is CC(C)n1ncc2cc(N)c(N[C@@H]3CCCCN(C(=O)OC(C)(C)C)C3)cc21. The number of likely N-dealkylation sites (tertiary alicyclic amines) is 1. The average Bonchev–Trinajstić information content (AvgIpc) is 2.83. The van der Waals surface area contributed by atoms with Gasteiger partial charge in [0.1, 0.15) is 5.60 Å². The highest BCUT2D eigenvalue weighted by atomic mass is 16.6. The van der Waals surface area contributed by atoms with Gasteiger partial charge in [0.15, 0.2) is 0 Å². The third-order valence-corrected chi connectivity index (χ3v) is 4.94. The Balaban J connectivity index is 1.78. The quantitative estimate of drug-likeness (QED) is 0.763. The number of benzene rings is 1. The molecule has 154 valence electrons. The van der Waals surface area contributed by atoms with E-state index < -0.39 is 5.60 Å². The predicted molar refractivity (Wildman–Crippen MR) is 114 cm³/mol. The molecule has 7 heteroatoms. The maximum absolute atomic E-state index is 12.5. The Morgan fingerprint density at radius 3 is 2.75 bits per heavy atom. The molecule has 0 spiro atoms. The predicted octanol–water partition coefficient (Wildman–Crippen LogP) is 4.40. The minimum absolute atomic E-state index is 0.130. The zero-order valence-electron chi connectivity index (χ0n) is 17.7. The van der Waals surface area contributed by atoms with Crippen molar-refractivity contribution >= 4 is 28.4 Å². The van der Waals surface area contributed by atoms with Crippen LogP contribution in [-0.2, 0) is 4.74 Å². The molecule has 1 aromatic carbocycles. The largest absolute Gasteiger partial charge is 0.444 e. The summed E-state index contributed by atoms with van der Waals surface area (Å²) in [6.07, 6.45) is 4.63. The van der Waals surface area contributed by atoms with Gasteiger partial charge in [0.2, 0.25) is 0 Å². The monoisotopic (exact) mass is 387 g/mol. The summed E-state index contributed by atoms with van der Waals surface area (Å²) in [6.45, 7) is 11.2. The van der Waals surface area contributed by atoms with Crippen LogP contribution >= 0.6 is 0 Å². The van der Waals surface area contributed by atoms with Gasteiger partial charge in [0, 0.05) is 30.6 Å². The Morgan fingerprint density at radius 1 is 1.32 bits per heavy atom. The molecule has 2 aromatic rings. The van der Waals surface area contributed by atoms with Gasteiger partial charge in [-0.2, -0.15) is 5.10 Å². The highest BCUT2D eigenvalue weighted by Gasteiger charge is 2.26. The molecular formula is C21H33N5O2. The number of nitrogens with one attached hydrogen (secondary N) is 1. The molecule has 1 amide bonds. The van der Waals surface area contributed by atoms with Crippen LogP contribution < -0.4 is 11.1 Å². The van der Waals surface area contributed by atoms with Crippen LogP contribution in [0.15, 0.2) is 18.3 Å². The number of carbonyl (C=O) groups excluding carboxylic acids is 1. The normalized spacial score (nSPS) is 18.4. The Kier molecular flexibility index (Phi) is 5.72. The smallest absolute Gasteiger partial charge is 0.410 e. The zero-order valence-corrected chi connectivity index (χ0v) is 17.7. The van der Waals surface area contributed by atoms with Gasteiger partial charge in [0.25, 0.3) is 0 Å². The molecular weight excluding hydrogens is 354 g/mol. The van der Waals surface area contributed by atoms with E-state index in [2.05, 4.69) is 30.3 Å². The number of nitrogens with two attached hydrogens (primary N) is 1. The molecule has 1 saturated heterocycles. The molecule has 28 heavy (non-hydrogen) atoms. The van der Waals surface area contributed by atoms with E-state index in [-0.39, 0.29) is 18.2 Å². The third kappa shape index (κ3) is 4.69. The molecule has 1 atom stereocenters. The third-order valence-electron chi connectivity index (χ3n) is 4.94. The summed E-state index contributed by atoms with van der Waals surface area (Å²) in [4.78, 5) is 14.3. The van der Waals surface area contributed by atoms with Crippen molar-refractivity contribution in [2.24, 2.45) is 0 Å². The van der Waals surface area contributed by atoms with Crippen LogP contribution in [0.25, 0.3) is 10.9 Å². The van der Waals surface area contributed by atoms with Crippen molar-refractivity contribution in [3.05, 3.63) is 18.3 Å². The van der Waals surface area contributed by atoms with Gasteiger partial charge < -0.3 is 20.7 Å². The molecule has 2 heterocycles. The Morgan fingerprint density at radius 2 is 2.07 bits per heavy atom. The maximum atomic E-state index is 12.5. The molecule has 3 rings (SSSR count). The van der Waals surface area contributed by atoms with E-state index in [1.54, 1.807) is 0 Å².